The number of hydrogen-bond donors (Lipinski definition) is 0. The van der Waals surface area contributed by atoms with Crippen molar-refractivity contribution in [3.05, 3.63) is 0 Å². The average Bonchev–Trinajstić information content (AvgIpc) is 2.36. The van der Waals surface area contributed by atoms with Crippen LogP contribution >= 0.6 is 0 Å². The zero-order chi connectivity index (χ0) is 14.6. The number of unbranched alkanes of at least 4 members (excludes halogenated alkanes) is 1. The van der Waals surface area contributed by atoms with Crippen LogP contribution in [0.25, 0.3) is 0 Å². The first-order valence-electron chi connectivity index (χ1n) is 8.69. The Balaban J connectivity index is 1.54. The molecule has 0 unspecified atom stereocenters. The normalized spacial score (nSPS) is 24.0. The highest BCUT2D eigenvalue weighted by Crippen LogP contribution is 2.21. The molecule has 0 aliphatic carbocycles. The van der Waals surface area contributed by atoms with Crippen molar-refractivity contribution in [2.45, 2.75) is 52.5 Å². The average molecular weight is 281 g/mol. The molecule has 0 atom stereocenters. The van der Waals surface area contributed by atoms with E-state index in [9.17, 15) is 0 Å². The molecule has 118 valence electrons. The largest absolute Gasteiger partial charge is 0.303 e. The van der Waals surface area contributed by atoms with Gasteiger partial charge in [-0.15, -0.1) is 0 Å². The molecule has 0 spiro atoms. The standard InChI is InChI=1S/C17H35N3/c1-5-6-8-19-14-16(15-19)7-9-18-10-12-20(13-11-18)17(2,3)4/h16H,5-15H2,1-4H3. The van der Waals surface area contributed by atoms with Crippen molar-refractivity contribution < 1.29 is 0 Å². The van der Waals surface area contributed by atoms with Crippen molar-refractivity contribution >= 4 is 0 Å². The molecule has 0 amide bonds. The molecular weight excluding hydrogens is 246 g/mol. The van der Waals surface area contributed by atoms with Crippen LogP contribution < -0.4 is 0 Å². The first kappa shape index (κ1) is 16.3. The predicted molar refractivity (Wildman–Crippen MR) is 87.2 cm³/mol. The highest BCUT2D eigenvalue weighted by molar-refractivity contribution is 4.84. The molecule has 0 bridgehead atoms. The Bertz CT molecular complexity index is 270. The van der Waals surface area contributed by atoms with Gasteiger partial charge in [0, 0.05) is 44.8 Å². The molecule has 3 heteroatoms. The summed E-state index contributed by atoms with van der Waals surface area (Å²) in [6.45, 7) is 19.7. The summed E-state index contributed by atoms with van der Waals surface area (Å²) in [5.74, 6) is 0.979. The van der Waals surface area contributed by atoms with Gasteiger partial charge in [0.2, 0.25) is 0 Å². The minimum atomic E-state index is 0.347. The van der Waals surface area contributed by atoms with Crippen LogP contribution in [0.15, 0.2) is 0 Å². The van der Waals surface area contributed by atoms with E-state index in [-0.39, 0.29) is 0 Å². The van der Waals surface area contributed by atoms with Crippen molar-refractivity contribution in [3.8, 4) is 0 Å². The summed E-state index contributed by atoms with van der Waals surface area (Å²) in [7, 11) is 0. The molecule has 0 aromatic rings. The molecule has 0 saturated carbocycles. The lowest BCUT2D eigenvalue weighted by atomic mass is 9.95. The number of nitrogens with zero attached hydrogens (tertiary/aromatic N) is 3. The highest BCUT2D eigenvalue weighted by atomic mass is 15.3. The second-order valence-corrected chi connectivity index (χ2v) is 7.77. The van der Waals surface area contributed by atoms with Gasteiger partial charge >= 0.3 is 0 Å². The van der Waals surface area contributed by atoms with Gasteiger partial charge in [-0.05, 0) is 52.6 Å². The van der Waals surface area contributed by atoms with E-state index in [2.05, 4.69) is 42.4 Å². The summed E-state index contributed by atoms with van der Waals surface area (Å²) in [6.07, 6.45) is 4.12. The Labute approximate surface area is 126 Å². The van der Waals surface area contributed by atoms with Crippen LogP contribution in [0, 0.1) is 5.92 Å². The minimum absolute atomic E-state index is 0.347. The lowest BCUT2D eigenvalue weighted by Crippen LogP contribution is -2.54. The number of likely N-dealkylation sites (tertiary alicyclic amines) is 1. The quantitative estimate of drug-likeness (QED) is 0.741. The predicted octanol–water partition coefficient (Wildman–Crippen LogP) is 2.52. The molecule has 0 N–H and O–H groups in total. The molecule has 2 aliphatic rings. The molecule has 2 heterocycles. The van der Waals surface area contributed by atoms with Crippen LogP contribution in [0.4, 0.5) is 0 Å². The summed E-state index contributed by atoms with van der Waals surface area (Å²) in [6, 6.07) is 0. The zero-order valence-corrected chi connectivity index (χ0v) is 14.2. The minimum Gasteiger partial charge on any atom is -0.303 e. The van der Waals surface area contributed by atoms with E-state index in [0.29, 0.717) is 5.54 Å². The lowest BCUT2D eigenvalue weighted by molar-refractivity contribution is 0.0459. The molecule has 0 aromatic heterocycles. The Morgan fingerprint density at radius 3 is 2.10 bits per heavy atom. The van der Waals surface area contributed by atoms with Gasteiger partial charge in [0.1, 0.15) is 0 Å². The van der Waals surface area contributed by atoms with Gasteiger partial charge in [-0.25, -0.2) is 0 Å². The van der Waals surface area contributed by atoms with E-state index in [1.165, 1.54) is 71.6 Å². The molecule has 3 nitrogen and oxygen atoms in total. The zero-order valence-electron chi connectivity index (χ0n) is 14.2. The summed E-state index contributed by atoms with van der Waals surface area (Å²) in [4.78, 5) is 7.93. The van der Waals surface area contributed by atoms with E-state index in [0.717, 1.165) is 5.92 Å². The third kappa shape index (κ3) is 4.71. The van der Waals surface area contributed by atoms with Crippen LogP contribution in [0.2, 0.25) is 0 Å². The topological polar surface area (TPSA) is 9.72 Å². The first-order chi connectivity index (χ1) is 9.49. The van der Waals surface area contributed by atoms with Crippen molar-refractivity contribution in [3.63, 3.8) is 0 Å². The second kappa shape index (κ2) is 7.24. The van der Waals surface area contributed by atoms with Gasteiger partial charge in [0.15, 0.2) is 0 Å². The lowest BCUT2D eigenvalue weighted by Gasteiger charge is -2.44. The summed E-state index contributed by atoms with van der Waals surface area (Å²) in [5, 5.41) is 0. The van der Waals surface area contributed by atoms with Crippen LogP contribution in [0.1, 0.15) is 47.0 Å². The maximum absolute atomic E-state index is 2.68. The van der Waals surface area contributed by atoms with Crippen LogP contribution in [0.5, 0.6) is 0 Å². The molecule has 20 heavy (non-hydrogen) atoms. The molecule has 0 radical (unpaired) electrons. The fourth-order valence-electron chi connectivity index (χ4n) is 3.43. The molecule has 2 fully saturated rings. The fourth-order valence-corrected chi connectivity index (χ4v) is 3.43. The SMILES string of the molecule is CCCCN1CC(CCN2CCN(C(C)(C)C)CC2)C1. The molecule has 0 aromatic carbocycles. The van der Waals surface area contributed by atoms with Gasteiger partial charge in [0.05, 0.1) is 0 Å². The van der Waals surface area contributed by atoms with E-state index < -0.39 is 0 Å². The van der Waals surface area contributed by atoms with Crippen molar-refractivity contribution in [2.75, 3.05) is 52.4 Å². The maximum Gasteiger partial charge on any atom is 0.0126 e. The van der Waals surface area contributed by atoms with Gasteiger partial charge in [-0.2, -0.15) is 0 Å². The Morgan fingerprint density at radius 2 is 1.55 bits per heavy atom. The summed E-state index contributed by atoms with van der Waals surface area (Å²) < 4.78 is 0. The molecule has 2 aliphatic heterocycles. The van der Waals surface area contributed by atoms with Crippen LogP contribution in [0.3, 0.4) is 0 Å². The maximum atomic E-state index is 2.68. The first-order valence-corrected chi connectivity index (χ1v) is 8.69. The molecule has 2 saturated heterocycles. The van der Waals surface area contributed by atoms with Crippen molar-refractivity contribution in [1.29, 1.82) is 0 Å². The number of rotatable bonds is 6. The molecule has 2 rings (SSSR count). The second-order valence-electron chi connectivity index (χ2n) is 7.77. The Kier molecular flexibility index (Phi) is 5.88. The third-order valence-corrected chi connectivity index (χ3v) is 5.04. The van der Waals surface area contributed by atoms with Gasteiger partial charge < -0.3 is 9.80 Å². The van der Waals surface area contributed by atoms with Gasteiger partial charge in [-0.1, -0.05) is 13.3 Å². The Morgan fingerprint density at radius 1 is 0.900 bits per heavy atom. The van der Waals surface area contributed by atoms with Crippen molar-refractivity contribution in [2.24, 2.45) is 5.92 Å². The summed E-state index contributed by atoms with van der Waals surface area (Å²) in [5.41, 5.74) is 0.347. The van der Waals surface area contributed by atoms with Gasteiger partial charge in [-0.3, -0.25) is 4.90 Å². The van der Waals surface area contributed by atoms with Crippen LogP contribution in [-0.2, 0) is 0 Å². The third-order valence-electron chi connectivity index (χ3n) is 5.04. The smallest absolute Gasteiger partial charge is 0.0126 e. The highest BCUT2D eigenvalue weighted by Gasteiger charge is 2.28. The van der Waals surface area contributed by atoms with E-state index in [1.807, 2.05) is 0 Å². The Hall–Kier alpha value is -0.120. The van der Waals surface area contributed by atoms with E-state index in [1.54, 1.807) is 0 Å². The number of hydrogen-bond acceptors (Lipinski definition) is 3. The van der Waals surface area contributed by atoms with Gasteiger partial charge in [0.25, 0.3) is 0 Å². The van der Waals surface area contributed by atoms with E-state index >= 15 is 0 Å². The number of piperazine rings is 1. The molecular formula is C17H35N3. The summed E-state index contributed by atoms with van der Waals surface area (Å²) >= 11 is 0. The monoisotopic (exact) mass is 281 g/mol. The van der Waals surface area contributed by atoms with Crippen molar-refractivity contribution in [1.82, 2.24) is 14.7 Å². The fraction of sp³-hybridized carbons (Fsp3) is 1.00. The van der Waals surface area contributed by atoms with E-state index in [4.69, 9.17) is 0 Å². The van der Waals surface area contributed by atoms with Crippen LogP contribution in [-0.4, -0.2) is 72.6 Å².